The van der Waals surface area contributed by atoms with Crippen molar-refractivity contribution in [2.45, 2.75) is 31.6 Å². The van der Waals surface area contributed by atoms with Crippen molar-refractivity contribution in [3.05, 3.63) is 64.6 Å². The van der Waals surface area contributed by atoms with Crippen LogP contribution in [0.1, 0.15) is 36.2 Å². The quantitative estimate of drug-likeness (QED) is 0.437. The molecular formula is C21H18F3N5OS. The van der Waals surface area contributed by atoms with Gasteiger partial charge >= 0.3 is 6.18 Å². The van der Waals surface area contributed by atoms with E-state index in [1.54, 1.807) is 23.6 Å². The lowest BCUT2D eigenvalue weighted by atomic mass is 10.1. The fourth-order valence-electron chi connectivity index (χ4n) is 3.84. The number of aromatic nitrogens is 4. The van der Waals surface area contributed by atoms with Crippen LogP contribution in [0.25, 0.3) is 22.6 Å². The van der Waals surface area contributed by atoms with Crippen LogP contribution in [0.4, 0.5) is 13.2 Å². The number of halogens is 3. The topological polar surface area (TPSA) is 70.8 Å². The van der Waals surface area contributed by atoms with Gasteiger partial charge in [-0.2, -0.15) is 29.5 Å². The Balaban J connectivity index is 1.33. The summed E-state index contributed by atoms with van der Waals surface area (Å²) in [6, 6.07) is 7.19. The highest BCUT2D eigenvalue weighted by Gasteiger charge is 2.32. The van der Waals surface area contributed by atoms with Crippen LogP contribution in [0, 0.1) is 0 Å². The highest BCUT2D eigenvalue weighted by molar-refractivity contribution is 7.08. The summed E-state index contributed by atoms with van der Waals surface area (Å²) in [6.45, 7) is 1.34. The van der Waals surface area contributed by atoms with Crippen LogP contribution in [-0.2, 0) is 12.7 Å². The minimum absolute atomic E-state index is 0.0102. The molecule has 6 nitrogen and oxygen atoms in total. The van der Waals surface area contributed by atoms with Crippen LogP contribution in [0.15, 0.2) is 51.8 Å². The first kappa shape index (κ1) is 20.0. The van der Waals surface area contributed by atoms with Crippen LogP contribution < -0.4 is 0 Å². The van der Waals surface area contributed by atoms with Gasteiger partial charge in [0, 0.05) is 16.5 Å². The van der Waals surface area contributed by atoms with Crippen molar-refractivity contribution in [2.24, 2.45) is 0 Å². The molecule has 4 heterocycles. The molecule has 5 rings (SSSR count). The van der Waals surface area contributed by atoms with Crippen molar-refractivity contribution in [1.82, 2.24) is 25.0 Å². The van der Waals surface area contributed by atoms with Gasteiger partial charge in [0.15, 0.2) is 0 Å². The second kappa shape index (κ2) is 7.93. The van der Waals surface area contributed by atoms with E-state index in [1.807, 2.05) is 16.8 Å². The van der Waals surface area contributed by atoms with Gasteiger partial charge in [0.2, 0.25) is 11.7 Å². The lowest BCUT2D eigenvalue weighted by Crippen LogP contribution is -2.23. The fraction of sp³-hybridized carbons (Fsp3) is 0.286. The molecule has 0 amide bonds. The number of hydrogen-bond donors (Lipinski definition) is 1. The summed E-state index contributed by atoms with van der Waals surface area (Å²) in [5, 5.41) is 7.97. The maximum atomic E-state index is 13.0. The van der Waals surface area contributed by atoms with Gasteiger partial charge in [-0.1, -0.05) is 17.3 Å². The molecule has 1 aliphatic rings. The van der Waals surface area contributed by atoms with Gasteiger partial charge in [-0.15, -0.1) is 0 Å². The number of imidazole rings is 1. The molecule has 3 aromatic heterocycles. The number of rotatable bonds is 5. The summed E-state index contributed by atoms with van der Waals surface area (Å²) in [5.41, 5.74) is 1.26. The summed E-state index contributed by atoms with van der Waals surface area (Å²) in [6.07, 6.45) is -0.924. The first-order valence-corrected chi connectivity index (χ1v) is 10.7. The maximum absolute atomic E-state index is 13.0. The molecule has 1 saturated heterocycles. The molecule has 1 atom stereocenters. The second-order valence-electron chi connectivity index (χ2n) is 7.41. The molecule has 1 fully saturated rings. The number of nitrogens with one attached hydrogen (secondary N) is 1. The van der Waals surface area contributed by atoms with E-state index >= 15 is 0 Å². The number of H-pyrrole nitrogens is 1. The molecule has 4 aromatic rings. The van der Waals surface area contributed by atoms with Gasteiger partial charge in [0.1, 0.15) is 5.82 Å². The predicted octanol–water partition coefficient (Wildman–Crippen LogP) is 5.54. The largest absolute Gasteiger partial charge is 0.416 e. The Labute approximate surface area is 179 Å². The summed E-state index contributed by atoms with van der Waals surface area (Å²) in [5.74, 6) is 1.82. The zero-order chi connectivity index (χ0) is 21.4. The Morgan fingerprint density at radius 3 is 2.94 bits per heavy atom. The van der Waals surface area contributed by atoms with Crippen molar-refractivity contribution in [2.75, 3.05) is 6.54 Å². The average molecular weight is 445 g/mol. The first-order valence-electron chi connectivity index (χ1n) is 9.79. The van der Waals surface area contributed by atoms with E-state index in [9.17, 15) is 13.2 Å². The van der Waals surface area contributed by atoms with Gasteiger partial charge in [-0.25, -0.2) is 4.98 Å². The molecule has 0 aliphatic carbocycles. The zero-order valence-electron chi connectivity index (χ0n) is 16.3. The molecule has 160 valence electrons. The molecule has 10 heteroatoms. The van der Waals surface area contributed by atoms with Crippen molar-refractivity contribution in [3.8, 4) is 22.6 Å². The number of aromatic amines is 1. The third-order valence-electron chi connectivity index (χ3n) is 5.36. The summed E-state index contributed by atoms with van der Waals surface area (Å²) < 4.78 is 44.5. The number of hydrogen-bond acceptors (Lipinski definition) is 6. The molecular weight excluding hydrogens is 427 g/mol. The standard InChI is InChI=1S/C21H18F3N5OS/c22-21(23,24)15-4-1-3-13(9-15)16-10-25-20(26-16)17-5-2-7-29(17)11-18-27-19(28-30-18)14-6-8-31-12-14/h1,3-4,6,8-10,12,17H,2,5,7,11H2,(H,25,26)/t17-/m1/s1. The fourth-order valence-corrected chi connectivity index (χ4v) is 4.48. The number of benzene rings is 1. The van der Waals surface area contributed by atoms with Crippen LogP contribution in [0.5, 0.6) is 0 Å². The van der Waals surface area contributed by atoms with Crippen molar-refractivity contribution in [1.29, 1.82) is 0 Å². The Bertz CT molecular complexity index is 1170. The predicted molar refractivity (Wildman–Crippen MR) is 109 cm³/mol. The number of likely N-dealkylation sites (tertiary alicyclic amines) is 1. The Kier molecular flexibility index (Phi) is 5.11. The van der Waals surface area contributed by atoms with Crippen molar-refractivity contribution in [3.63, 3.8) is 0 Å². The van der Waals surface area contributed by atoms with E-state index < -0.39 is 11.7 Å². The second-order valence-corrected chi connectivity index (χ2v) is 8.19. The van der Waals surface area contributed by atoms with E-state index in [4.69, 9.17) is 4.52 Å². The van der Waals surface area contributed by atoms with E-state index in [-0.39, 0.29) is 6.04 Å². The van der Waals surface area contributed by atoms with E-state index in [1.165, 1.54) is 6.07 Å². The van der Waals surface area contributed by atoms with E-state index in [2.05, 4.69) is 25.0 Å². The lowest BCUT2D eigenvalue weighted by molar-refractivity contribution is -0.137. The third kappa shape index (κ3) is 4.13. The number of alkyl halides is 3. The van der Waals surface area contributed by atoms with Gasteiger partial charge in [-0.3, -0.25) is 4.90 Å². The maximum Gasteiger partial charge on any atom is 0.416 e. The third-order valence-corrected chi connectivity index (χ3v) is 6.04. The van der Waals surface area contributed by atoms with Crippen LogP contribution in [-0.4, -0.2) is 31.6 Å². The first-order chi connectivity index (χ1) is 15.0. The summed E-state index contributed by atoms with van der Waals surface area (Å²) >= 11 is 1.57. The highest BCUT2D eigenvalue weighted by atomic mass is 32.1. The monoisotopic (exact) mass is 445 g/mol. The SMILES string of the molecule is FC(F)(F)c1cccc(-c2cnc([C@H]3CCCN3Cc3nc(-c4ccsc4)no3)[nH]2)c1. The zero-order valence-corrected chi connectivity index (χ0v) is 17.1. The van der Waals surface area contributed by atoms with Crippen LogP contribution in [0.2, 0.25) is 0 Å². The highest BCUT2D eigenvalue weighted by Crippen LogP contribution is 2.34. The Morgan fingerprint density at radius 1 is 1.23 bits per heavy atom. The van der Waals surface area contributed by atoms with E-state index in [0.717, 1.165) is 42.9 Å². The molecule has 31 heavy (non-hydrogen) atoms. The normalized spacial score (nSPS) is 17.5. The van der Waals surface area contributed by atoms with Gasteiger partial charge in [-0.05, 0) is 43.0 Å². The smallest absolute Gasteiger partial charge is 0.341 e. The number of nitrogens with zero attached hydrogens (tertiary/aromatic N) is 4. The van der Waals surface area contributed by atoms with Crippen molar-refractivity contribution < 1.29 is 17.7 Å². The van der Waals surface area contributed by atoms with Crippen LogP contribution in [0.3, 0.4) is 0 Å². The molecule has 1 aliphatic heterocycles. The molecule has 0 saturated carbocycles. The molecule has 0 unspecified atom stereocenters. The Morgan fingerprint density at radius 2 is 2.13 bits per heavy atom. The Hall–Kier alpha value is -2.98. The van der Waals surface area contributed by atoms with Gasteiger partial charge in [0.05, 0.1) is 30.0 Å². The molecule has 0 bridgehead atoms. The van der Waals surface area contributed by atoms with Crippen LogP contribution >= 0.6 is 11.3 Å². The van der Waals surface area contributed by atoms with E-state index in [0.29, 0.717) is 29.5 Å². The minimum atomic E-state index is -4.38. The van der Waals surface area contributed by atoms with Gasteiger partial charge < -0.3 is 9.51 Å². The minimum Gasteiger partial charge on any atom is -0.341 e. The summed E-state index contributed by atoms with van der Waals surface area (Å²) in [4.78, 5) is 14.3. The average Bonchev–Trinajstić information content (AvgIpc) is 3.53. The molecule has 1 N–H and O–H groups in total. The number of thiophene rings is 1. The molecule has 1 aromatic carbocycles. The molecule has 0 radical (unpaired) electrons. The molecule has 0 spiro atoms. The lowest BCUT2D eigenvalue weighted by Gasteiger charge is -2.20. The van der Waals surface area contributed by atoms with Gasteiger partial charge in [0.25, 0.3) is 0 Å². The summed E-state index contributed by atoms with van der Waals surface area (Å²) in [7, 11) is 0. The van der Waals surface area contributed by atoms with Crippen molar-refractivity contribution >= 4 is 11.3 Å².